The second-order valence-corrected chi connectivity index (χ2v) is 12.3. The smallest absolute Gasteiger partial charge is 0.164 e. The summed E-state index contributed by atoms with van der Waals surface area (Å²) in [4.78, 5) is 15.7. The average molecular weight is 614 g/mol. The Bertz CT molecular complexity index is 2810. The van der Waals surface area contributed by atoms with Gasteiger partial charge in [0.1, 0.15) is 22.3 Å². The van der Waals surface area contributed by atoms with Crippen LogP contribution in [0.4, 0.5) is 0 Å². The van der Waals surface area contributed by atoms with E-state index in [1.54, 1.807) is 0 Å². The van der Waals surface area contributed by atoms with Crippen LogP contribution in [-0.2, 0) is 0 Å². The van der Waals surface area contributed by atoms with E-state index in [4.69, 9.17) is 23.8 Å². The average Bonchev–Trinajstić information content (AvgIpc) is 3.82. The van der Waals surface area contributed by atoms with Gasteiger partial charge in [0.15, 0.2) is 17.5 Å². The minimum Gasteiger partial charge on any atom is -0.456 e. The molecule has 1 aliphatic rings. The lowest BCUT2D eigenvalue weighted by atomic mass is 9.98. The van der Waals surface area contributed by atoms with E-state index >= 15 is 0 Å². The monoisotopic (exact) mass is 613 g/mol. The predicted octanol–water partition coefficient (Wildman–Crippen LogP) is 11.5. The van der Waals surface area contributed by atoms with Gasteiger partial charge >= 0.3 is 0 Å². The number of hydrogen-bond donors (Lipinski definition) is 0. The van der Waals surface area contributed by atoms with E-state index < -0.39 is 0 Å². The molecule has 3 aromatic heterocycles. The Labute approximate surface area is 273 Å². The summed E-state index contributed by atoms with van der Waals surface area (Å²) in [6.07, 6.45) is 0. The van der Waals surface area contributed by atoms with Crippen LogP contribution in [0.1, 0.15) is 0 Å². The lowest BCUT2D eigenvalue weighted by molar-refractivity contribution is 0.668. The summed E-state index contributed by atoms with van der Waals surface area (Å²) in [5.41, 5.74) is 11.0. The van der Waals surface area contributed by atoms with Crippen molar-refractivity contribution in [3.63, 3.8) is 0 Å². The van der Waals surface area contributed by atoms with Crippen molar-refractivity contribution in [1.82, 2.24) is 15.0 Å². The highest BCUT2D eigenvalue weighted by Crippen LogP contribution is 2.49. The molecule has 0 saturated carbocycles. The third kappa shape index (κ3) is 3.47. The molecule has 0 atom stereocenters. The fourth-order valence-electron chi connectivity index (χ4n) is 7.66. The van der Waals surface area contributed by atoms with Crippen LogP contribution in [0, 0.1) is 0 Å². The van der Waals surface area contributed by atoms with Gasteiger partial charge in [-0.1, -0.05) is 109 Å². The molecule has 222 valence electrons. The Balaban J connectivity index is 1.24. The van der Waals surface area contributed by atoms with Crippen LogP contribution in [0.2, 0.25) is 0 Å². The van der Waals surface area contributed by atoms with Crippen LogP contribution in [0.3, 0.4) is 0 Å². The number of aromatic nitrogens is 3. The molecule has 7 aromatic carbocycles. The Morgan fingerprint density at radius 3 is 1.27 bits per heavy atom. The van der Waals surface area contributed by atoms with Gasteiger partial charge in [0, 0.05) is 38.2 Å². The maximum atomic E-state index is 6.28. The number of benzene rings is 7. The van der Waals surface area contributed by atoms with Crippen LogP contribution in [-0.4, -0.2) is 15.0 Å². The molecule has 5 heteroatoms. The molecule has 0 radical (unpaired) electrons. The molecule has 0 unspecified atom stereocenters. The van der Waals surface area contributed by atoms with Crippen LogP contribution in [0.25, 0.3) is 111 Å². The number of rotatable bonds is 3. The van der Waals surface area contributed by atoms with Crippen LogP contribution < -0.4 is 0 Å². The maximum absolute atomic E-state index is 6.28. The molecule has 0 spiro atoms. The first-order chi connectivity index (χ1) is 23.8. The molecule has 0 N–H and O–H groups in total. The van der Waals surface area contributed by atoms with E-state index in [0.717, 1.165) is 66.0 Å². The summed E-state index contributed by atoms with van der Waals surface area (Å²) in [6.45, 7) is 0. The van der Waals surface area contributed by atoms with Crippen molar-refractivity contribution in [2.24, 2.45) is 0 Å². The van der Waals surface area contributed by atoms with Crippen molar-refractivity contribution in [3.8, 4) is 56.4 Å². The van der Waals surface area contributed by atoms with E-state index in [9.17, 15) is 0 Å². The molecule has 48 heavy (non-hydrogen) atoms. The molecule has 1 aliphatic carbocycles. The molecule has 11 rings (SSSR count). The first-order valence-electron chi connectivity index (χ1n) is 16.0. The van der Waals surface area contributed by atoms with Crippen molar-refractivity contribution >= 4 is 54.6 Å². The summed E-state index contributed by atoms with van der Waals surface area (Å²) >= 11 is 0. The van der Waals surface area contributed by atoms with Crippen molar-refractivity contribution in [2.45, 2.75) is 0 Å². The zero-order valence-corrected chi connectivity index (χ0v) is 25.4. The SMILES string of the molecule is c1ccc2c(c1)-c1cccc3c(-c4nc(-c5cccc6oc7ccccc7c56)nc(-c5cccc6oc7ccccc7c56)n4)ccc-2c13. The van der Waals surface area contributed by atoms with Gasteiger partial charge in [0.25, 0.3) is 0 Å². The largest absolute Gasteiger partial charge is 0.456 e. The Kier molecular flexibility index (Phi) is 5.05. The van der Waals surface area contributed by atoms with Gasteiger partial charge in [-0.3, -0.25) is 0 Å². The van der Waals surface area contributed by atoms with E-state index in [2.05, 4.69) is 78.9 Å². The minimum absolute atomic E-state index is 0.587. The molecular formula is C43H23N3O2. The third-order valence-corrected chi connectivity index (χ3v) is 9.71. The van der Waals surface area contributed by atoms with Crippen LogP contribution >= 0.6 is 0 Å². The number of hydrogen-bond acceptors (Lipinski definition) is 5. The first-order valence-corrected chi connectivity index (χ1v) is 16.0. The highest BCUT2D eigenvalue weighted by molar-refractivity contribution is 6.19. The summed E-state index contributed by atoms with van der Waals surface area (Å²) in [5, 5.41) is 6.36. The van der Waals surface area contributed by atoms with Gasteiger partial charge in [-0.15, -0.1) is 0 Å². The Morgan fingerprint density at radius 2 is 0.667 bits per heavy atom. The fourth-order valence-corrected chi connectivity index (χ4v) is 7.66. The third-order valence-electron chi connectivity index (χ3n) is 9.71. The van der Waals surface area contributed by atoms with Gasteiger partial charge in [-0.05, 0) is 63.4 Å². The van der Waals surface area contributed by atoms with E-state index in [1.807, 2.05) is 60.7 Å². The number of fused-ring (bicyclic) bond motifs is 9. The molecule has 5 nitrogen and oxygen atoms in total. The van der Waals surface area contributed by atoms with Gasteiger partial charge in [0.2, 0.25) is 0 Å². The van der Waals surface area contributed by atoms with Gasteiger partial charge in [0.05, 0.1) is 0 Å². The fraction of sp³-hybridized carbons (Fsp3) is 0. The molecule has 0 aliphatic heterocycles. The quantitative estimate of drug-likeness (QED) is 0.198. The minimum atomic E-state index is 0.587. The maximum Gasteiger partial charge on any atom is 0.164 e. The predicted molar refractivity (Wildman–Crippen MR) is 193 cm³/mol. The second-order valence-electron chi connectivity index (χ2n) is 12.3. The number of para-hydroxylation sites is 2. The van der Waals surface area contributed by atoms with E-state index in [-0.39, 0.29) is 0 Å². The summed E-state index contributed by atoms with van der Waals surface area (Å²) < 4.78 is 12.6. The number of furan rings is 2. The Hall–Kier alpha value is -6.59. The summed E-state index contributed by atoms with van der Waals surface area (Å²) in [7, 11) is 0. The van der Waals surface area contributed by atoms with Crippen molar-refractivity contribution in [3.05, 3.63) is 140 Å². The highest BCUT2D eigenvalue weighted by Gasteiger charge is 2.25. The van der Waals surface area contributed by atoms with Crippen LogP contribution in [0.15, 0.2) is 148 Å². The molecule has 0 saturated heterocycles. The van der Waals surface area contributed by atoms with Crippen molar-refractivity contribution < 1.29 is 8.83 Å². The normalized spacial score (nSPS) is 12.2. The van der Waals surface area contributed by atoms with Crippen molar-refractivity contribution in [1.29, 1.82) is 0 Å². The highest BCUT2D eigenvalue weighted by atomic mass is 16.3. The molecule has 0 amide bonds. The standard InChI is InChI=1S/C43H23N3O2/c1-2-11-25-24(10-1)26-14-7-15-27-29(23-22-28(25)38(26)27)41-44-42(32-16-8-20-36-39(32)30-12-3-5-18-34(30)47-36)46-43(45-41)33-17-9-21-37-40(33)31-13-4-6-19-35(31)48-37/h1-23H. The van der Waals surface area contributed by atoms with E-state index in [0.29, 0.717) is 17.5 Å². The Morgan fingerprint density at radius 1 is 0.271 bits per heavy atom. The molecule has 3 heterocycles. The van der Waals surface area contributed by atoms with Gasteiger partial charge in [-0.2, -0.15) is 0 Å². The molecule has 0 fully saturated rings. The first kappa shape index (κ1) is 25.6. The van der Waals surface area contributed by atoms with Gasteiger partial charge < -0.3 is 8.83 Å². The zero-order valence-electron chi connectivity index (χ0n) is 25.4. The van der Waals surface area contributed by atoms with E-state index in [1.165, 1.54) is 27.6 Å². The lowest BCUT2D eigenvalue weighted by Gasteiger charge is -2.12. The van der Waals surface area contributed by atoms with Crippen LogP contribution in [0.5, 0.6) is 0 Å². The molecule has 10 aromatic rings. The molecule has 0 bridgehead atoms. The van der Waals surface area contributed by atoms with Gasteiger partial charge in [-0.25, -0.2) is 15.0 Å². The summed E-state index contributed by atoms with van der Waals surface area (Å²) in [5.74, 6) is 1.79. The zero-order chi connectivity index (χ0) is 31.3. The lowest BCUT2D eigenvalue weighted by Crippen LogP contribution is -2.01. The van der Waals surface area contributed by atoms with Crippen molar-refractivity contribution in [2.75, 3.05) is 0 Å². The topological polar surface area (TPSA) is 65.0 Å². The second kappa shape index (κ2) is 9.47. The summed E-state index contributed by atoms with van der Waals surface area (Å²) in [6, 6.07) is 47.9. The molecular weight excluding hydrogens is 590 g/mol. The number of nitrogens with zero attached hydrogens (tertiary/aromatic N) is 3.